The zero-order valence-electron chi connectivity index (χ0n) is 50.5. The fourth-order valence-corrected chi connectivity index (χ4v) is 16.8. The number of dihydropyridines is 1. The highest BCUT2D eigenvalue weighted by Crippen LogP contribution is 2.60. The van der Waals surface area contributed by atoms with Crippen LogP contribution in [-0.2, 0) is 58.5 Å². The maximum absolute atomic E-state index is 12.7. The largest absolute Gasteiger partial charge is 0.508 e. The second-order valence-corrected chi connectivity index (χ2v) is 26.6. The Balaban J connectivity index is 0.968. The maximum Gasteiger partial charge on any atom is 0.165 e. The second-order valence-electron chi connectivity index (χ2n) is 26.6. The fourth-order valence-electron chi connectivity index (χ4n) is 16.8. The van der Waals surface area contributed by atoms with E-state index < -0.39 is 6.10 Å². The Morgan fingerprint density at radius 1 is 0.849 bits per heavy atom. The number of aromatic nitrogens is 1. The van der Waals surface area contributed by atoms with Crippen LogP contribution in [-0.4, -0.2) is 81.1 Å². The third kappa shape index (κ3) is 11.5. The molecule has 2 fully saturated rings. The van der Waals surface area contributed by atoms with Crippen LogP contribution in [0, 0.1) is 35.5 Å². The predicted molar refractivity (Wildman–Crippen MR) is 336 cm³/mol. The molecule has 0 radical (unpaired) electrons. The highest BCUT2D eigenvalue weighted by atomic mass is 16.5. The SMILES string of the molecule is COCNC1C=C2C#CC(CCc3ccc(O)c(Cc4cccc(O)c4)c3)CCCC3CC(O)C4Cc5c(CO)cc(O)c(c5C(CC(C)C)C4)OCc4cc(C56CCOC7(CCCCC7)C5CCc5ccccc56)cc5cn(cc45)C(=C2CO3)N1. The first-order chi connectivity index (χ1) is 41.9. The molecule has 14 rings (SSSR count). The average Bonchev–Trinajstić information content (AvgIpc) is 0.879. The zero-order valence-corrected chi connectivity index (χ0v) is 50.5. The summed E-state index contributed by atoms with van der Waals surface area (Å²) in [5.41, 5.74) is 11.9. The summed E-state index contributed by atoms with van der Waals surface area (Å²) in [7, 11) is 1.69. The number of ether oxygens (including phenoxy) is 4. The molecule has 8 bridgehead atoms. The molecule has 1 saturated carbocycles. The van der Waals surface area contributed by atoms with E-state index in [-0.39, 0.29) is 84.0 Å². The summed E-state index contributed by atoms with van der Waals surface area (Å²) in [6.45, 7) is 5.69. The molecule has 8 unspecified atom stereocenters. The van der Waals surface area contributed by atoms with Crippen LogP contribution in [0.1, 0.15) is 165 Å². The molecule has 6 aromatic rings. The standard InChI is InChI=1S/C74H87N3O9/c1-46(2)29-54-33-53-36-61-56(42-78)37-67(82)71(70(54)61)85-43-57-35-58(74-27-28-86-73(25-7-4-8-26-73)68(74)24-22-50-13-5-6-16-64(50)74)34-55-40-77(41-62(55)57)72-63-44-84-60(39-66(53)81)15-10-11-47(19-21-51(63)38-69(76-72)75-45-83-3)17-18-48-20-23-65(80)52(30-48)31-49-12-9-14-59(79)32-49/h5-6,9,12-14,16,20,23,30,32,34-35,37-38,40-41,46-47,53-54,60,66,68-69,75-76,78-82H,4,7-8,10-11,15,17-18,22,24-29,31,33,36,39,42-45H2,1-3H3. The van der Waals surface area contributed by atoms with Gasteiger partial charge < -0.3 is 54.4 Å². The van der Waals surface area contributed by atoms with Gasteiger partial charge in [-0.15, -0.1) is 0 Å². The van der Waals surface area contributed by atoms with Gasteiger partial charge in [-0.25, -0.2) is 0 Å². The number of aryl methyl sites for hydroxylation is 2. The van der Waals surface area contributed by atoms with E-state index in [0.717, 1.165) is 132 Å². The summed E-state index contributed by atoms with van der Waals surface area (Å²) in [4.78, 5) is 0. The smallest absolute Gasteiger partial charge is 0.165 e. The Morgan fingerprint density at radius 2 is 1.72 bits per heavy atom. The Labute approximate surface area is 507 Å². The number of fused-ring (bicyclic) bond motifs is 7. The van der Waals surface area contributed by atoms with Gasteiger partial charge in [0, 0.05) is 77.3 Å². The Morgan fingerprint density at radius 3 is 2.56 bits per heavy atom. The molecule has 0 amide bonds. The van der Waals surface area contributed by atoms with Gasteiger partial charge in [0.1, 0.15) is 30.1 Å². The van der Waals surface area contributed by atoms with Gasteiger partial charge in [-0.3, -0.25) is 5.32 Å². The van der Waals surface area contributed by atoms with Crippen LogP contribution >= 0.6 is 0 Å². The van der Waals surface area contributed by atoms with Crippen LogP contribution < -0.4 is 15.4 Å². The molecule has 8 aliphatic rings. The van der Waals surface area contributed by atoms with Crippen LogP contribution in [0.25, 0.3) is 16.6 Å². The number of rotatable bonds is 12. The first-order valence-electron chi connectivity index (χ1n) is 32.2. The lowest BCUT2D eigenvalue weighted by atomic mass is 9.51. The van der Waals surface area contributed by atoms with Crippen molar-refractivity contribution in [1.29, 1.82) is 0 Å². The zero-order chi connectivity index (χ0) is 59.1. The van der Waals surface area contributed by atoms with Crippen molar-refractivity contribution in [2.75, 3.05) is 27.1 Å². The Kier molecular flexibility index (Phi) is 16.9. The Hall–Kier alpha value is -6.56. The lowest BCUT2D eigenvalue weighted by Crippen LogP contribution is -2.59. The predicted octanol–water partition coefficient (Wildman–Crippen LogP) is 12.9. The molecule has 6 heterocycles. The summed E-state index contributed by atoms with van der Waals surface area (Å²) in [6, 6.07) is 28.9. The minimum Gasteiger partial charge on any atom is -0.508 e. The summed E-state index contributed by atoms with van der Waals surface area (Å²) >= 11 is 0. The van der Waals surface area contributed by atoms with E-state index in [0.29, 0.717) is 56.3 Å². The van der Waals surface area contributed by atoms with Crippen molar-refractivity contribution in [1.82, 2.24) is 15.2 Å². The number of nitrogens with one attached hydrogen (secondary N) is 2. The van der Waals surface area contributed by atoms with Gasteiger partial charge in [-0.1, -0.05) is 99.5 Å². The van der Waals surface area contributed by atoms with Gasteiger partial charge in [-0.05, 0) is 194 Å². The number of aliphatic hydroxyl groups excluding tert-OH is 2. The summed E-state index contributed by atoms with van der Waals surface area (Å²) < 4.78 is 29.5. The number of methoxy groups -OCH3 is 1. The molecule has 5 aromatic carbocycles. The fraction of sp³-hybridized carbons (Fsp3) is 0.486. The van der Waals surface area contributed by atoms with E-state index in [1.165, 1.54) is 36.0 Å². The number of hydrogen-bond donors (Lipinski definition) is 7. The lowest BCUT2D eigenvalue weighted by Gasteiger charge is -2.59. The first-order valence-corrected chi connectivity index (χ1v) is 32.2. The molecule has 12 heteroatoms. The summed E-state index contributed by atoms with van der Waals surface area (Å²) in [5.74, 6) is 9.87. The number of aromatic hydroxyl groups is 3. The van der Waals surface area contributed by atoms with Crippen LogP contribution in [0.15, 0.2) is 115 Å². The van der Waals surface area contributed by atoms with Crippen molar-refractivity contribution in [3.8, 4) is 34.8 Å². The van der Waals surface area contributed by atoms with Crippen molar-refractivity contribution >= 4 is 16.6 Å². The molecular weight excluding hydrogens is 1070 g/mol. The molecule has 1 aromatic heterocycles. The molecule has 8 atom stereocenters. The molecule has 452 valence electrons. The van der Waals surface area contributed by atoms with Crippen LogP contribution in [0.3, 0.4) is 0 Å². The van der Waals surface area contributed by atoms with Crippen molar-refractivity contribution in [2.24, 2.45) is 23.7 Å². The molecule has 86 heavy (non-hydrogen) atoms. The number of nitrogens with zero attached hydrogens (tertiary/aromatic N) is 1. The van der Waals surface area contributed by atoms with E-state index in [2.05, 4.69) is 102 Å². The van der Waals surface area contributed by atoms with Gasteiger partial charge >= 0.3 is 0 Å². The Bertz CT molecular complexity index is 3590. The highest BCUT2D eigenvalue weighted by molar-refractivity contribution is 5.89. The van der Waals surface area contributed by atoms with Crippen LogP contribution in [0.5, 0.6) is 23.0 Å². The summed E-state index contributed by atoms with van der Waals surface area (Å²) in [5, 5.41) is 66.8. The van der Waals surface area contributed by atoms with Gasteiger partial charge in [0.15, 0.2) is 11.5 Å². The minimum absolute atomic E-state index is 0.0272. The van der Waals surface area contributed by atoms with Crippen molar-refractivity contribution in [3.63, 3.8) is 0 Å². The minimum atomic E-state index is -0.698. The number of benzene rings is 5. The molecule has 1 saturated heterocycles. The van der Waals surface area contributed by atoms with Crippen molar-refractivity contribution in [3.05, 3.63) is 170 Å². The highest BCUT2D eigenvalue weighted by Gasteiger charge is 2.58. The normalized spacial score (nSPS) is 26.2. The number of phenolic OH excluding ortho intramolecular Hbond substituents is 3. The molecule has 3 aliphatic carbocycles. The van der Waals surface area contributed by atoms with Crippen molar-refractivity contribution in [2.45, 2.75) is 178 Å². The van der Waals surface area contributed by atoms with Gasteiger partial charge in [0.25, 0.3) is 0 Å². The molecule has 5 aliphatic heterocycles. The molecule has 12 nitrogen and oxygen atoms in total. The second kappa shape index (κ2) is 24.9. The quantitative estimate of drug-likeness (QED) is 0.0460. The monoisotopic (exact) mass is 1160 g/mol. The number of aliphatic hydroxyl groups is 2. The van der Waals surface area contributed by atoms with E-state index in [4.69, 9.17) is 18.9 Å². The van der Waals surface area contributed by atoms with E-state index in [9.17, 15) is 25.5 Å². The number of hydrogen-bond acceptors (Lipinski definition) is 11. The van der Waals surface area contributed by atoms with Gasteiger partial charge in [0.2, 0.25) is 0 Å². The van der Waals surface area contributed by atoms with E-state index in [1.54, 1.807) is 31.4 Å². The van der Waals surface area contributed by atoms with E-state index >= 15 is 0 Å². The lowest BCUT2D eigenvalue weighted by molar-refractivity contribution is -0.166. The van der Waals surface area contributed by atoms with Gasteiger partial charge in [0.05, 0.1) is 37.8 Å². The van der Waals surface area contributed by atoms with Gasteiger partial charge in [-0.2, -0.15) is 0 Å². The van der Waals surface area contributed by atoms with Crippen molar-refractivity contribution < 1.29 is 44.5 Å². The molecule has 1 spiro atoms. The molecular formula is C74H87N3O9. The third-order valence-corrected chi connectivity index (χ3v) is 20.8. The third-order valence-electron chi connectivity index (χ3n) is 20.8. The summed E-state index contributed by atoms with van der Waals surface area (Å²) in [6.07, 6.45) is 21.1. The van der Waals surface area contributed by atoms with E-state index in [1.807, 2.05) is 18.2 Å². The van der Waals surface area contributed by atoms with Crippen LogP contribution in [0.4, 0.5) is 0 Å². The maximum atomic E-state index is 12.7. The molecule has 7 N–H and O–H groups in total. The number of phenols is 3. The first kappa shape index (κ1) is 58.5. The van der Waals surface area contributed by atoms with Crippen LogP contribution in [0.2, 0.25) is 0 Å². The average molecular weight is 1160 g/mol. The topological polar surface area (TPSA) is 167 Å².